The zero-order valence-corrected chi connectivity index (χ0v) is 17.9. The number of hydrogen-bond donors (Lipinski definition) is 1. The van der Waals surface area contributed by atoms with Crippen molar-refractivity contribution in [2.24, 2.45) is 0 Å². The number of benzene rings is 2. The Morgan fingerprint density at radius 3 is 2.33 bits per heavy atom. The van der Waals surface area contributed by atoms with Crippen molar-refractivity contribution < 1.29 is 17.6 Å². The highest BCUT2D eigenvalue weighted by atomic mass is 32.2. The molecule has 0 bridgehead atoms. The van der Waals surface area contributed by atoms with Crippen LogP contribution in [0.2, 0.25) is 0 Å². The molecule has 3 rings (SSSR count). The number of nitrogens with one attached hydrogen (secondary N) is 1. The van der Waals surface area contributed by atoms with Crippen LogP contribution in [0.25, 0.3) is 11.0 Å². The molecule has 7 nitrogen and oxygen atoms in total. The van der Waals surface area contributed by atoms with E-state index in [0.29, 0.717) is 29.6 Å². The molecule has 0 aliphatic carbocycles. The molecule has 0 fully saturated rings. The molecule has 1 atom stereocenters. The van der Waals surface area contributed by atoms with Gasteiger partial charge in [-0.1, -0.05) is 44.2 Å². The van der Waals surface area contributed by atoms with Gasteiger partial charge >= 0.3 is 5.63 Å². The number of carbonyl (C=O) groups is 1. The molecule has 1 amide bonds. The van der Waals surface area contributed by atoms with Gasteiger partial charge in [-0.25, -0.2) is 13.2 Å². The fourth-order valence-corrected chi connectivity index (χ4v) is 4.68. The van der Waals surface area contributed by atoms with E-state index in [1.165, 1.54) is 22.5 Å². The summed E-state index contributed by atoms with van der Waals surface area (Å²) in [5.74, 6) is -0.554. The molecule has 0 aliphatic rings. The molecule has 1 heterocycles. The second kappa shape index (κ2) is 8.81. The monoisotopic (exact) mass is 428 g/mol. The maximum atomic E-state index is 12.6. The number of rotatable bonds is 7. The molecule has 2 aromatic carbocycles. The first kappa shape index (κ1) is 21.7. The molecule has 1 aromatic heterocycles. The standard InChI is InChI=1S/C22H24N2O5S/c1-4-24(5-2)30(27,28)18-12-10-16(11-13-18)15(3)23-21(25)19-14-17-8-6-7-9-20(17)29-22(19)26/h6-15H,4-5H2,1-3H3,(H,23,25)/t15-/m0/s1. The third-order valence-corrected chi connectivity index (χ3v) is 7.02. The van der Waals surface area contributed by atoms with Gasteiger partial charge in [-0.05, 0) is 36.8 Å². The SMILES string of the molecule is CCN(CC)S(=O)(=O)c1ccc([C@H](C)NC(=O)c2cc3ccccc3oc2=O)cc1. The van der Waals surface area contributed by atoms with Gasteiger partial charge in [0, 0.05) is 18.5 Å². The lowest BCUT2D eigenvalue weighted by Gasteiger charge is -2.19. The van der Waals surface area contributed by atoms with Crippen molar-refractivity contribution in [3.8, 4) is 0 Å². The number of para-hydroxylation sites is 1. The van der Waals surface area contributed by atoms with E-state index in [1.54, 1.807) is 57.2 Å². The minimum absolute atomic E-state index is 0.0821. The summed E-state index contributed by atoms with van der Waals surface area (Å²) in [6.07, 6.45) is 0. The summed E-state index contributed by atoms with van der Waals surface area (Å²) >= 11 is 0. The Bertz CT molecular complexity index is 1210. The van der Waals surface area contributed by atoms with Crippen molar-refractivity contribution >= 4 is 26.9 Å². The van der Waals surface area contributed by atoms with Gasteiger partial charge in [-0.15, -0.1) is 0 Å². The largest absolute Gasteiger partial charge is 0.422 e. The number of fused-ring (bicyclic) bond motifs is 1. The van der Waals surface area contributed by atoms with Gasteiger partial charge in [0.05, 0.1) is 10.9 Å². The first-order valence-electron chi connectivity index (χ1n) is 9.71. The van der Waals surface area contributed by atoms with E-state index in [2.05, 4.69) is 5.32 Å². The minimum Gasteiger partial charge on any atom is -0.422 e. The van der Waals surface area contributed by atoms with Crippen LogP contribution < -0.4 is 10.9 Å². The molecule has 0 saturated carbocycles. The molecule has 0 aliphatic heterocycles. The Hall–Kier alpha value is -2.97. The van der Waals surface area contributed by atoms with E-state index in [1.807, 2.05) is 0 Å². The predicted octanol–water partition coefficient (Wildman–Crippen LogP) is 3.31. The molecule has 158 valence electrons. The molecule has 1 N–H and O–H groups in total. The number of hydrogen-bond acceptors (Lipinski definition) is 5. The average Bonchev–Trinajstić information content (AvgIpc) is 2.73. The number of carbonyl (C=O) groups excluding carboxylic acids is 1. The highest BCUT2D eigenvalue weighted by Gasteiger charge is 2.22. The van der Waals surface area contributed by atoms with Gasteiger partial charge in [0.25, 0.3) is 5.91 Å². The average molecular weight is 429 g/mol. The molecule has 0 spiro atoms. The topological polar surface area (TPSA) is 96.7 Å². The van der Waals surface area contributed by atoms with Gasteiger partial charge in [-0.3, -0.25) is 4.79 Å². The highest BCUT2D eigenvalue weighted by Crippen LogP contribution is 2.20. The van der Waals surface area contributed by atoms with E-state index in [9.17, 15) is 18.0 Å². The summed E-state index contributed by atoms with van der Waals surface area (Å²) in [5, 5.41) is 3.42. The second-order valence-electron chi connectivity index (χ2n) is 6.84. The lowest BCUT2D eigenvalue weighted by molar-refractivity contribution is 0.0936. The maximum Gasteiger partial charge on any atom is 0.349 e. The molecule has 3 aromatic rings. The Balaban J connectivity index is 1.79. The summed E-state index contributed by atoms with van der Waals surface area (Å²) in [5.41, 5.74) is 0.337. The van der Waals surface area contributed by atoms with Crippen LogP contribution in [0.1, 0.15) is 42.7 Å². The fourth-order valence-electron chi connectivity index (χ4n) is 3.22. The first-order valence-corrected chi connectivity index (χ1v) is 11.2. The van der Waals surface area contributed by atoms with Crippen molar-refractivity contribution in [1.82, 2.24) is 9.62 Å². The summed E-state index contributed by atoms with van der Waals surface area (Å²) < 4.78 is 31.8. The zero-order chi connectivity index (χ0) is 21.9. The fraction of sp³-hybridized carbons (Fsp3) is 0.273. The van der Waals surface area contributed by atoms with E-state index in [0.717, 1.165) is 0 Å². The van der Waals surface area contributed by atoms with Crippen LogP contribution >= 0.6 is 0 Å². The van der Waals surface area contributed by atoms with Crippen LogP contribution in [0.5, 0.6) is 0 Å². The van der Waals surface area contributed by atoms with E-state index < -0.39 is 27.6 Å². The van der Waals surface area contributed by atoms with Crippen LogP contribution in [0.15, 0.2) is 68.7 Å². The van der Waals surface area contributed by atoms with Crippen LogP contribution in [-0.4, -0.2) is 31.7 Å². The lowest BCUT2D eigenvalue weighted by Crippen LogP contribution is -2.31. The van der Waals surface area contributed by atoms with Crippen molar-refractivity contribution in [2.75, 3.05) is 13.1 Å². The van der Waals surface area contributed by atoms with Gasteiger partial charge < -0.3 is 9.73 Å². The predicted molar refractivity (Wildman–Crippen MR) is 115 cm³/mol. The molecule has 0 radical (unpaired) electrons. The Morgan fingerprint density at radius 2 is 1.70 bits per heavy atom. The van der Waals surface area contributed by atoms with Crippen LogP contribution in [0.3, 0.4) is 0 Å². The van der Waals surface area contributed by atoms with Crippen LogP contribution in [0, 0.1) is 0 Å². The number of nitrogens with zero attached hydrogens (tertiary/aromatic N) is 1. The van der Waals surface area contributed by atoms with Crippen molar-refractivity contribution in [3.63, 3.8) is 0 Å². The van der Waals surface area contributed by atoms with Crippen LogP contribution in [-0.2, 0) is 10.0 Å². The summed E-state index contributed by atoms with van der Waals surface area (Å²) in [6.45, 7) is 6.12. The quantitative estimate of drug-likeness (QED) is 0.583. The summed E-state index contributed by atoms with van der Waals surface area (Å²) in [6, 6.07) is 14.4. The van der Waals surface area contributed by atoms with Crippen molar-refractivity contribution in [1.29, 1.82) is 0 Å². The Labute approximate surface area is 175 Å². The van der Waals surface area contributed by atoms with Crippen molar-refractivity contribution in [2.45, 2.75) is 31.7 Å². The van der Waals surface area contributed by atoms with Gasteiger partial charge in [-0.2, -0.15) is 4.31 Å². The number of sulfonamides is 1. The zero-order valence-electron chi connectivity index (χ0n) is 17.1. The summed E-state index contributed by atoms with van der Waals surface area (Å²) in [4.78, 5) is 25.0. The van der Waals surface area contributed by atoms with E-state index in [4.69, 9.17) is 4.42 Å². The van der Waals surface area contributed by atoms with Crippen molar-refractivity contribution in [3.05, 3.63) is 76.1 Å². The lowest BCUT2D eigenvalue weighted by atomic mass is 10.1. The third-order valence-electron chi connectivity index (χ3n) is 4.96. The maximum absolute atomic E-state index is 12.6. The number of amides is 1. The van der Waals surface area contributed by atoms with E-state index in [-0.39, 0.29) is 10.5 Å². The minimum atomic E-state index is -3.54. The van der Waals surface area contributed by atoms with Crippen LogP contribution in [0.4, 0.5) is 0 Å². The van der Waals surface area contributed by atoms with E-state index >= 15 is 0 Å². The normalized spacial score (nSPS) is 12.8. The molecule has 0 saturated heterocycles. The molecular weight excluding hydrogens is 404 g/mol. The summed E-state index contributed by atoms with van der Waals surface area (Å²) in [7, 11) is -3.54. The molecular formula is C22H24N2O5S. The first-order chi connectivity index (χ1) is 14.3. The smallest absolute Gasteiger partial charge is 0.349 e. The molecule has 0 unspecified atom stereocenters. The Morgan fingerprint density at radius 1 is 1.07 bits per heavy atom. The second-order valence-corrected chi connectivity index (χ2v) is 8.78. The molecule has 8 heteroatoms. The third kappa shape index (κ3) is 4.29. The van der Waals surface area contributed by atoms with Gasteiger partial charge in [0.15, 0.2) is 0 Å². The highest BCUT2D eigenvalue weighted by molar-refractivity contribution is 7.89. The van der Waals surface area contributed by atoms with Gasteiger partial charge in [0.2, 0.25) is 10.0 Å². The van der Waals surface area contributed by atoms with Gasteiger partial charge in [0.1, 0.15) is 11.1 Å². The Kier molecular flexibility index (Phi) is 6.38. The molecule has 30 heavy (non-hydrogen) atoms.